The van der Waals surface area contributed by atoms with Crippen LogP contribution in [0.15, 0.2) is 42.5 Å². The molecule has 0 saturated carbocycles. The van der Waals surface area contributed by atoms with Gasteiger partial charge in [0.1, 0.15) is 5.75 Å². The number of methoxy groups -OCH3 is 2. The van der Waals surface area contributed by atoms with Crippen LogP contribution in [0.1, 0.15) is 42.3 Å². The van der Waals surface area contributed by atoms with Crippen LogP contribution in [0.4, 0.5) is 5.69 Å². The van der Waals surface area contributed by atoms with Crippen LogP contribution in [0.3, 0.4) is 0 Å². The molecule has 0 aliphatic rings. The van der Waals surface area contributed by atoms with Gasteiger partial charge in [-0.2, -0.15) is 0 Å². The zero-order valence-corrected chi connectivity index (χ0v) is 15.5. The van der Waals surface area contributed by atoms with Gasteiger partial charge in [-0.05, 0) is 36.2 Å². The van der Waals surface area contributed by atoms with Crippen LogP contribution in [-0.2, 0) is 16.0 Å². The number of hydrogen-bond acceptors (Lipinski definition) is 5. The Balaban J connectivity index is 0.000000845. The van der Waals surface area contributed by atoms with Crippen molar-refractivity contribution in [3.8, 4) is 5.75 Å². The Labute approximate surface area is 149 Å². The Morgan fingerprint density at radius 1 is 1.08 bits per heavy atom. The monoisotopic (exact) mass is 345 g/mol. The van der Waals surface area contributed by atoms with Gasteiger partial charge in [0.25, 0.3) is 6.47 Å². The largest absolute Gasteiger partial charge is 0.496 e. The van der Waals surface area contributed by atoms with Gasteiger partial charge >= 0.3 is 0 Å². The molecule has 0 aliphatic carbocycles. The first kappa shape index (κ1) is 22.2. The second kappa shape index (κ2) is 12.6. The molecular weight excluding hydrogens is 318 g/mol. The predicted octanol–water partition coefficient (Wildman–Crippen LogP) is 3.89. The molecule has 0 bridgehead atoms. The maximum absolute atomic E-state index is 12.6. The van der Waals surface area contributed by atoms with E-state index in [2.05, 4.69) is 4.74 Å². The SMILES string of the molecule is CC.CCc1ccc(OC)c(C(=O)c2ccccc2N)c1.COC=O. The number of para-hydroxylation sites is 1. The van der Waals surface area contributed by atoms with Gasteiger partial charge in [-0.15, -0.1) is 0 Å². The number of anilines is 1. The van der Waals surface area contributed by atoms with Crippen molar-refractivity contribution in [2.24, 2.45) is 0 Å². The average molecular weight is 345 g/mol. The second-order valence-electron chi connectivity index (χ2n) is 4.64. The minimum atomic E-state index is -0.106. The Hall–Kier alpha value is -2.82. The highest BCUT2D eigenvalue weighted by molar-refractivity contribution is 6.13. The molecule has 0 saturated heterocycles. The molecular formula is C20H27NO4. The van der Waals surface area contributed by atoms with E-state index in [1.165, 1.54) is 7.11 Å². The van der Waals surface area contributed by atoms with Crippen LogP contribution >= 0.6 is 0 Å². The van der Waals surface area contributed by atoms with Crippen molar-refractivity contribution in [1.29, 1.82) is 0 Å². The number of carbonyl (C=O) groups is 2. The first-order chi connectivity index (χ1) is 12.1. The van der Waals surface area contributed by atoms with Gasteiger partial charge in [0.15, 0.2) is 5.78 Å². The Kier molecular flexibility index (Phi) is 11.2. The second-order valence-corrected chi connectivity index (χ2v) is 4.64. The smallest absolute Gasteiger partial charge is 0.292 e. The first-order valence-electron chi connectivity index (χ1n) is 8.11. The van der Waals surface area contributed by atoms with Crippen LogP contribution in [0.25, 0.3) is 0 Å². The van der Waals surface area contributed by atoms with Crippen molar-refractivity contribution >= 4 is 17.9 Å². The number of aryl methyl sites for hydroxylation is 1. The quantitative estimate of drug-likeness (QED) is 0.505. The molecule has 5 nitrogen and oxygen atoms in total. The lowest BCUT2D eigenvalue weighted by Gasteiger charge is -2.10. The molecule has 0 aliphatic heterocycles. The third-order valence-electron chi connectivity index (χ3n) is 3.22. The van der Waals surface area contributed by atoms with Crippen molar-refractivity contribution in [1.82, 2.24) is 0 Å². The zero-order chi connectivity index (χ0) is 19.2. The molecule has 2 aromatic carbocycles. The van der Waals surface area contributed by atoms with Gasteiger partial charge in [-0.25, -0.2) is 0 Å². The fourth-order valence-electron chi connectivity index (χ4n) is 2.00. The van der Waals surface area contributed by atoms with E-state index in [1.807, 2.05) is 45.0 Å². The summed E-state index contributed by atoms with van der Waals surface area (Å²) in [5, 5.41) is 0. The van der Waals surface area contributed by atoms with E-state index in [1.54, 1.807) is 25.3 Å². The van der Waals surface area contributed by atoms with E-state index < -0.39 is 0 Å². The summed E-state index contributed by atoms with van der Waals surface area (Å²) in [6.07, 6.45) is 0.870. The molecule has 0 amide bonds. The highest BCUT2D eigenvalue weighted by Crippen LogP contribution is 2.25. The number of ether oxygens (including phenoxy) is 2. The normalized spacial score (nSPS) is 8.84. The van der Waals surface area contributed by atoms with E-state index in [-0.39, 0.29) is 5.78 Å². The summed E-state index contributed by atoms with van der Waals surface area (Å²) in [6, 6.07) is 12.7. The summed E-state index contributed by atoms with van der Waals surface area (Å²) in [5.41, 5.74) is 8.50. The molecule has 0 fully saturated rings. The van der Waals surface area contributed by atoms with Gasteiger partial charge < -0.3 is 15.2 Å². The van der Waals surface area contributed by atoms with E-state index >= 15 is 0 Å². The Morgan fingerprint density at radius 3 is 2.16 bits per heavy atom. The van der Waals surface area contributed by atoms with Crippen LogP contribution in [0, 0.1) is 0 Å². The number of nitrogen functional groups attached to an aromatic ring is 1. The number of nitrogens with two attached hydrogens (primary N) is 1. The molecule has 0 aromatic heterocycles. The highest BCUT2D eigenvalue weighted by atomic mass is 16.5. The lowest BCUT2D eigenvalue weighted by molar-refractivity contribution is -0.126. The standard InChI is InChI=1S/C16H17NO2.C2H4O2.C2H6/c1-3-11-8-9-15(19-2)13(10-11)16(18)12-6-4-5-7-14(12)17;1-4-2-3;1-2/h4-10H,3,17H2,1-2H3;2H,1H3;1-2H3. The lowest BCUT2D eigenvalue weighted by atomic mass is 9.98. The molecule has 0 atom stereocenters. The summed E-state index contributed by atoms with van der Waals surface area (Å²) in [7, 11) is 2.87. The fraction of sp³-hybridized carbons (Fsp3) is 0.300. The highest BCUT2D eigenvalue weighted by Gasteiger charge is 2.16. The first-order valence-corrected chi connectivity index (χ1v) is 8.11. The van der Waals surface area contributed by atoms with Gasteiger partial charge in [-0.1, -0.05) is 39.0 Å². The number of hydrogen-bond donors (Lipinski definition) is 1. The molecule has 0 radical (unpaired) electrons. The minimum absolute atomic E-state index is 0.106. The molecule has 136 valence electrons. The van der Waals surface area contributed by atoms with Crippen LogP contribution < -0.4 is 10.5 Å². The third-order valence-corrected chi connectivity index (χ3v) is 3.22. The number of rotatable bonds is 5. The summed E-state index contributed by atoms with van der Waals surface area (Å²) in [6.45, 7) is 6.42. The van der Waals surface area contributed by atoms with Gasteiger partial charge in [0.2, 0.25) is 0 Å². The molecule has 0 heterocycles. The average Bonchev–Trinajstić information content (AvgIpc) is 2.69. The van der Waals surface area contributed by atoms with Gasteiger partial charge in [0.05, 0.1) is 19.8 Å². The summed E-state index contributed by atoms with van der Waals surface area (Å²) >= 11 is 0. The number of carbonyl (C=O) groups excluding carboxylic acids is 2. The van der Waals surface area contributed by atoms with Crippen molar-refractivity contribution in [2.75, 3.05) is 20.0 Å². The van der Waals surface area contributed by atoms with Crippen LogP contribution in [-0.4, -0.2) is 26.5 Å². The molecule has 0 unspecified atom stereocenters. The minimum Gasteiger partial charge on any atom is -0.496 e. The van der Waals surface area contributed by atoms with Crippen molar-refractivity contribution in [3.63, 3.8) is 0 Å². The molecule has 2 rings (SSSR count). The number of benzene rings is 2. The van der Waals surface area contributed by atoms with Crippen LogP contribution in [0.5, 0.6) is 5.75 Å². The molecule has 0 spiro atoms. The van der Waals surface area contributed by atoms with E-state index in [0.29, 0.717) is 29.0 Å². The molecule has 25 heavy (non-hydrogen) atoms. The van der Waals surface area contributed by atoms with E-state index in [9.17, 15) is 4.79 Å². The zero-order valence-electron chi connectivity index (χ0n) is 15.5. The predicted molar refractivity (Wildman–Crippen MR) is 101 cm³/mol. The summed E-state index contributed by atoms with van der Waals surface area (Å²) in [4.78, 5) is 21.5. The topological polar surface area (TPSA) is 78.6 Å². The number of ketones is 1. The Morgan fingerprint density at radius 2 is 1.68 bits per heavy atom. The van der Waals surface area contributed by atoms with Gasteiger partial charge in [-0.3, -0.25) is 9.59 Å². The maximum atomic E-state index is 12.6. The molecule has 2 N–H and O–H groups in total. The van der Waals surface area contributed by atoms with Crippen LogP contribution in [0.2, 0.25) is 0 Å². The summed E-state index contributed by atoms with van der Waals surface area (Å²) in [5.74, 6) is 0.468. The maximum Gasteiger partial charge on any atom is 0.292 e. The lowest BCUT2D eigenvalue weighted by Crippen LogP contribution is -2.07. The van der Waals surface area contributed by atoms with E-state index in [0.717, 1.165) is 12.0 Å². The fourth-order valence-corrected chi connectivity index (χ4v) is 2.00. The van der Waals surface area contributed by atoms with Crippen molar-refractivity contribution in [3.05, 3.63) is 59.2 Å². The van der Waals surface area contributed by atoms with E-state index in [4.69, 9.17) is 15.3 Å². The summed E-state index contributed by atoms with van der Waals surface area (Å²) < 4.78 is 9.13. The van der Waals surface area contributed by atoms with Crippen molar-refractivity contribution in [2.45, 2.75) is 27.2 Å². The molecule has 5 heteroatoms. The molecule has 2 aromatic rings. The Bertz CT molecular complexity index is 668. The third kappa shape index (κ3) is 6.67. The van der Waals surface area contributed by atoms with Gasteiger partial charge in [0, 0.05) is 11.3 Å². The van der Waals surface area contributed by atoms with Crippen molar-refractivity contribution < 1.29 is 19.1 Å².